The number of ketones is 1. The summed E-state index contributed by atoms with van der Waals surface area (Å²) in [6.45, 7) is 1.69. The number of aliphatic hydroxyl groups excluding tert-OH is 1. The van der Waals surface area contributed by atoms with Gasteiger partial charge in [-0.2, -0.15) is 0 Å². The Morgan fingerprint density at radius 2 is 2.17 bits per heavy atom. The molecule has 0 saturated heterocycles. The van der Waals surface area contributed by atoms with Gasteiger partial charge in [-0.1, -0.05) is 0 Å². The molecule has 0 bridgehead atoms. The highest BCUT2D eigenvalue weighted by Gasteiger charge is 2.06. The van der Waals surface area contributed by atoms with Gasteiger partial charge in [0.15, 0.2) is 0 Å². The molecule has 62 valence electrons. The van der Waals surface area contributed by atoms with Crippen LogP contribution >= 0.6 is 0 Å². The Bertz CT molecular complexity index is 321. The Morgan fingerprint density at radius 3 is 2.75 bits per heavy atom. The topological polar surface area (TPSA) is 63.1 Å². The van der Waals surface area contributed by atoms with E-state index in [0.29, 0.717) is 12.0 Å². The van der Waals surface area contributed by atoms with E-state index in [9.17, 15) is 4.79 Å². The first-order chi connectivity index (χ1) is 5.75. The second kappa shape index (κ2) is 3.61. The highest BCUT2D eigenvalue weighted by atomic mass is 16.2. The third kappa shape index (κ3) is 1.66. The Labute approximate surface area is 69.6 Å². The van der Waals surface area contributed by atoms with E-state index in [1.54, 1.807) is 6.92 Å². The van der Waals surface area contributed by atoms with Gasteiger partial charge in [0, 0.05) is 18.5 Å². The number of rotatable bonds is 2. The van der Waals surface area contributed by atoms with Crippen LogP contribution in [0.15, 0.2) is 24.7 Å². The van der Waals surface area contributed by atoms with Crippen molar-refractivity contribution in [3.63, 3.8) is 0 Å². The number of allylic oxidation sites excluding steroid dienone is 1. The first kappa shape index (κ1) is 8.39. The van der Waals surface area contributed by atoms with E-state index in [1.165, 1.54) is 12.4 Å². The van der Waals surface area contributed by atoms with Gasteiger partial charge in [-0.05, 0) is 6.92 Å². The quantitative estimate of drug-likeness (QED) is 0.403. The molecule has 1 heterocycles. The standard InChI is InChI=1S/C8H8N2O2/c1-6-8(7(12)2-5-11)10-4-3-9-6/h2-5,11H,1H3/b5-2+. The number of nitrogens with zero attached hydrogens (tertiary/aromatic N) is 2. The third-order valence-electron chi connectivity index (χ3n) is 1.34. The van der Waals surface area contributed by atoms with Crippen molar-refractivity contribution in [2.75, 3.05) is 0 Å². The lowest BCUT2D eigenvalue weighted by Crippen LogP contribution is -2.02. The largest absolute Gasteiger partial charge is 0.515 e. The van der Waals surface area contributed by atoms with Gasteiger partial charge in [0.1, 0.15) is 5.69 Å². The monoisotopic (exact) mass is 164 g/mol. The Hall–Kier alpha value is -1.71. The molecule has 0 aliphatic heterocycles. The lowest BCUT2D eigenvalue weighted by atomic mass is 10.2. The summed E-state index contributed by atoms with van der Waals surface area (Å²) in [5, 5.41) is 8.34. The highest BCUT2D eigenvalue weighted by Crippen LogP contribution is 2.00. The third-order valence-corrected chi connectivity index (χ3v) is 1.34. The number of aryl methyl sites for hydroxylation is 1. The fourth-order valence-electron chi connectivity index (χ4n) is 0.796. The maximum Gasteiger partial charge on any atom is 0.209 e. The van der Waals surface area contributed by atoms with Crippen molar-refractivity contribution in [1.29, 1.82) is 0 Å². The van der Waals surface area contributed by atoms with Crippen molar-refractivity contribution < 1.29 is 9.90 Å². The lowest BCUT2D eigenvalue weighted by Gasteiger charge is -1.96. The van der Waals surface area contributed by atoms with Crippen LogP contribution in [0.1, 0.15) is 16.2 Å². The van der Waals surface area contributed by atoms with E-state index >= 15 is 0 Å². The van der Waals surface area contributed by atoms with E-state index in [0.717, 1.165) is 6.08 Å². The van der Waals surface area contributed by atoms with Crippen molar-refractivity contribution in [1.82, 2.24) is 9.97 Å². The molecule has 12 heavy (non-hydrogen) atoms. The maximum atomic E-state index is 11.1. The molecule has 4 heteroatoms. The molecule has 1 rings (SSSR count). The van der Waals surface area contributed by atoms with E-state index in [-0.39, 0.29) is 11.5 Å². The van der Waals surface area contributed by atoms with Crippen LogP contribution in [0.2, 0.25) is 0 Å². The Balaban J connectivity index is 3.03. The van der Waals surface area contributed by atoms with Gasteiger partial charge in [0.25, 0.3) is 0 Å². The molecule has 1 N–H and O–H groups in total. The number of carbonyl (C=O) groups excluding carboxylic acids is 1. The van der Waals surface area contributed by atoms with Gasteiger partial charge < -0.3 is 5.11 Å². The number of hydrogen-bond donors (Lipinski definition) is 1. The van der Waals surface area contributed by atoms with Crippen LogP contribution < -0.4 is 0 Å². The predicted molar refractivity (Wildman–Crippen MR) is 42.9 cm³/mol. The molecule has 0 radical (unpaired) electrons. The van der Waals surface area contributed by atoms with Crippen LogP contribution in [0, 0.1) is 6.92 Å². The summed E-state index contributed by atoms with van der Waals surface area (Å²) in [5.74, 6) is -0.344. The van der Waals surface area contributed by atoms with Crippen LogP contribution in [0.4, 0.5) is 0 Å². The average Bonchev–Trinajstić information content (AvgIpc) is 2.05. The Morgan fingerprint density at radius 1 is 1.50 bits per heavy atom. The molecule has 0 aliphatic rings. The van der Waals surface area contributed by atoms with Crippen LogP contribution in [-0.2, 0) is 0 Å². The van der Waals surface area contributed by atoms with Gasteiger partial charge in [-0.25, -0.2) is 4.98 Å². The maximum absolute atomic E-state index is 11.1. The van der Waals surface area contributed by atoms with Gasteiger partial charge in [0.2, 0.25) is 5.78 Å². The minimum absolute atomic E-state index is 0.266. The second-order valence-electron chi connectivity index (χ2n) is 2.17. The number of aliphatic hydroxyl groups is 1. The Kier molecular flexibility index (Phi) is 2.53. The smallest absolute Gasteiger partial charge is 0.209 e. The minimum atomic E-state index is -0.344. The molecule has 1 aromatic rings. The van der Waals surface area contributed by atoms with Crippen LogP contribution in [-0.4, -0.2) is 20.9 Å². The zero-order valence-electron chi connectivity index (χ0n) is 6.56. The molecular weight excluding hydrogens is 156 g/mol. The molecule has 0 aromatic carbocycles. The fraction of sp³-hybridized carbons (Fsp3) is 0.125. The molecule has 0 amide bonds. The molecule has 1 aromatic heterocycles. The minimum Gasteiger partial charge on any atom is -0.515 e. The van der Waals surface area contributed by atoms with Crippen molar-refractivity contribution in [3.8, 4) is 0 Å². The van der Waals surface area contributed by atoms with Crippen molar-refractivity contribution in [2.45, 2.75) is 6.92 Å². The first-order valence-electron chi connectivity index (χ1n) is 3.38. The number of hydrogen-bond acceptors (Lipinski definition) is 4. The number of carbonyl (C=O) groups is 1. The second-order valence-corrected chi connectivity index (χ2v) is 2.17. The highest BCUT2D eigenvalue weighted by molar-refractivity contribution is 6.03. The van der Waals surface area contributed by atoms with Gasteiger partial charge >= 0.3 is 0 Å². The zero-order valence-corrected chi connectivity index (χ0v) is 6.56. The average molecular weight is 164 g/mol. The van der Waals surface area contributed by atoms with Crippen LogP contribution in [0.25, 0.3) is 0 Å². The SMILES string of the molecule is Cc1nccnc1C(=O)/C=C/O. The predicted octanol–water partition coefficient (Wildman–Crippen LogP) is 1.04. The molecule has 0 saturated carbocycles. The molecule has 0 atom stereocenters. The summed E-state index contributed by atoms with van der Waals surface area (Å²) in [5.41, 5.74) is 0.823. The first-order valence-corrected chi connectivity index (χ1v) is 3.38. The zero-order chi connectivity index (χ0) is 8.97. The molecule has 0 aliphatic carbocycles. The normalized spacial score (nSPS) is 10.4. The van der Waals surface area contributed by atoms with Crippen LogP contribution in [0.3, 0.4) is 0 Å². The van der Waals surface area contributed by atoms with Gasteiger partial charge in [0.05, 0.1) is 12.0 Å². The lowest BCUT2D eigenvalue weighted by molar-refractivity contribution is 0.103. The van der Waals surface area contributed by atoms with E-state index in [2.05, 4.69) is 9.97 Å². The molecule has 0 fully saturated rings. The summed E-state index contributed by atoms with van der Waals surface area (Å²) in [4.78, 5) is 18.8. The van der Waals surface area contributed by atoms with Crippen molar-refractivity contribution >= 4 is 5.78 Å². The van der Waals surface area contributed by atoms with Crippen LogP contribution in [0.5, 0.6) is 0 Å². The van der Waals surface area contributed by atoms with Gasteiger partial charge in [-0.3, -0.25) is 9.78 Å². The molecular formula is C8H8N2O2. The van der Waals surface area contributed by atoms with Crippen molar-refractivity contribution in [3.05, 3.63) is 36.1 Å². The summed E-state index contributed by atoms with van der Waals surface area (Å²) in [6.07, 6.45) is 4.67. The molecule has 4 nitrogen and oxygen atoms in total. The summed E-state index contributed by atoms with van der Waals surface area (Å²) >= 11 is 0. The van der Waals surface area contributed by atoms with E-state index in [4.69, 9.17) is 5.11 Å². The molecule has 0 spiro atoms. The summed E-state index contributed by atoms with van der Waals surface area (Å²) in [7, 11) is 0. The fourth-order valence-corrected chi connectivity index (χ4v) is 0.796. The molecule has 0 unspecified atom stereocenters. The summed E-state index contributed by atoms with van der Waals surface area (Å²) in [6, 6.07) is 0. The van der Waals surface area contributed by atoms with E-state index < -0.39 is 0 Å². The van der Waals surface area contributed by atoms with Gasteiger partial charge in [-0.15, -0.1) is 0 Å². The van der Waals surface area contributed by atoms with Crippen molar-refractivity contribution in [2.24, 2.45) is 0 Å². The number of aromatic nitrogens is 2. The summed E-state index contributed by atoms with van der Waals surface area (Å²) < 4.78 is 0. The van der Waals surface area contributed by atoms with E-state index in [1.807, 2.05) is 0 Å².